The van der Waals surface area contributed by atoms with Crippen molar-refractivity contribution in [2.45, 2.75) is 18.7 Å². The summed E-state index contributed by atoms with van der Waals surface area (Å²) in [4.78, 5) is 14.5. The van der Waals surface area contributed by atoms with Crippen molar-refractivity contribution in [3.05, 3.63) is 23.8 Å². The second kappa shape index (κ2) is 6.35. The summed E-state index contributed by atoms with van der Waals surface area (Å²) in [5, 5.41) is 0.145. The Morgan fingerprint density at radius 2 is 2.10 bits per heavy atom. The van der Waals surface area contributed by atoms with Crippen LogP contribution in [0.25, 0.3) is 0 Å². The second-order valence-electron chi connectivity index (χ2n) is 5.10. The van der Waals surface area contributed by atoms with Gasteiger partial charge < -0.3 is 14.4 Å². The summed E-state index contributed by atoms with van der Waals surface area (Å²) < 4.78 is 10.5. The highest BCUT2D eigenvalue weighted by Gasteiger charge is 2.29. The molecule has 0 N–H and O–H groups in total. The van der Waals surface area contributed by atoms with E-state index in [4.69, 9.17) is 21.1 Å². The maximum Gasteiger partial charge on any atom is 0.257 e. The van der Waals surface area contributed by atoms with Crippen LogP contribution in [0.1, 0.15) is 23.7 Å². The first-order valence-electron chi connectivity index (χ1n) is 6.72. The molecule has 1 fully saturated rings. The van der Waals surface area contributed by atoms with Gasteiger partial charge in [-0.3, -0.25) is 4.79 Å². The summed E-state index contributed by atoms with van der Waals surface area (Å²) in [5.41, 5.74) is 0.534. The smallest absolute Gasteiger partial charge is 0.257 e. The average Bonchev–Trinajstić information content (AvgIpc) is 2.48. The van der Waals surface area contributed by atoms with Crippen LogP contribution in [0, 0.1) is 5.92 Å². The molecule has 1 saturated heterocycles. The minimum absolute atomic E-state index is 0.0313. The van der Waals surface area contributed by atoms with E-state index in [1.807, 2.05) is 4.90 Å². The number of hydrogen-bond acceptors (Lipinski definition) is 3. The van der Waals surface area contributed by atoms with Crippen LogP contribution in [0.3, 0.4) is 0 Å². The van der Waals surface area contributed by atoms with E-state index in [0.717, 1.165) is 6.42 Å². The quantitative estimate of drug-likeness (QED) is 0.805. The Hall–Kier alpha value is -1.42. The second-order valence-corrected chi connectivity index (χ2v) is 5.66. The molecule has 2 rings (SSSR count). The van der Waals surface area contributed by atoms with Crippen LogP contribution in [0.5, 0.6) is 11.5 Å². The molecule has 5 heteroatoms. The minimum atomic E-state index is -0.0313. The van der Waals surface area contributed by atoms with Gasteiger partial charge in [0, 0.05) is 18.5 Å². The molecule has 1 aliphatic heterocycles. The SMILES string of the molecule is COc1ccc(OC)c(C(=O)N2CCC(Cl)C(C)C2)c1. The Labute approximate surface area is 124 Å². The molecule has 20 heavy (non-hydrogen) atoms. The molecule has 1 amide bonds. The molecular weight excluding hydrogens is 278 g/mol. The number of benzene rings is 1. The van der Waals surface area contributed by atoms with Gasteiger partial charge in [0.15, 0.2) is 0 Å². The summed E-state index contributed by atoms with van der Waals surface area (Å²) in [6, 6.07) is 5.26. The zero-order chi connectivity index (χ0) is 14.7. The third-order valence-electron chi connectivity index (χ3n) is 3.72. The zero-order valence-electron chi connectivity index (χ0n) is 12.1. The lowest BCUT2D eigenvalue weighted by atomic mass is 9.98. The monoisotopic (exact) mass is 297 g/mol. The van der Waals surface area contributed by atoms with E-state index in [1.165, 1.54) is 0 Å². The van der Waals surface area contributed by atoms with Crippen LogP contribution in [0.2, 0.25) is 0 Å². The normalized spacial score (nSPS) is 22.5. The molecule has 0 aromatic heterocycles. The fourth-order valence-electron chi connectivity index (χ4n) is 2.45. The van der Waals surface area contributed by atoms with Crippen LogP contribution < -0.4 is 9.47 Å². The van der Waals surface area contributed by atoms with Crippen LogP contribution in [-0.2, 0) is 0 Å². The molecule has 1 aromatic carbocycles. The summed E-state index contributed by atoms with van der Waals surface area (Å²) in [6.45, 7) is 3.42. The number of rotatable bonds is 3. The lowest BCUT2D eigenvalue weighted by Gasteiger charge is -2.34. The zero-order valence-corrected chi connectivity index (χ0v) is 12.8. The average molecular weight is 298 g/mol. The summed E-state index contributed by atoms with van der Waals surface area (Å²) in [6.07, 6.45) is 0.820. The maximum atomic E-state index is 12.6. The van der Waals surface area contributed by atoms with Gasteiger partial charge in [-0.05, 0) is 30.5 Å². The number of likely N-dealkylation sites (tertiary alicyclic amines) is 1. The highest BCUT2D eigenvalue weighted by atomic mass is 35.5. The molecule has 0 bridgehead atoms. The number of alkyl halides is 1. The Balaban J connectivity index is 2.24. The molecule has 4 nitrogen and oxygen atoms in total. The molecule has 1 aromatic rings. The van der Waals surface area contributed by atoms with Gasteiger partial charge in [-0.1, -0.05) is 6.92 Å². The Morgan fingerprint density at radius 3 is 2.70 bits per heavy atom. The number of halogens is 1. The number of piperidine rings is 1. The van der Waals surface area contributed by atoms with Gasteiger partial charge in [0.05, 0.1) is 19.8 Å². The molecule has 1 aliphatic rings. The molecule has 2 unspecified atom stereocenters. The van der Waals surface area contributed by atoms with Gasteiger partial charge in [-0.25, -0.2) is 0 Å². The number of nitrogens with zero attached hydrogens (tertiary/aromatic N) is 1. The predicted molar refractivity (Wildman–Crippen MR) is 78.9 cm³/mol. The van der Waals surface area contributed by atoms with Crippen LogP contribution in [0.15, 0.2) is 18.2 Å². The highest BCUT2D eigenvalue weighted by molar-refractivity contribution is 6.20. The van der Waals surface area contributed by atoms with Crippen molar-refractivity contribution < 1.29 is 14.3 Å². The van der Waals surface area contributed by atoms with Crippen molar-refractivity contribution in [2.24, 2.45) is 5.92 Å². The summed E-state index contributed by atoms with van der Waals surface area (Å²) >= 11 is 6.21. The van der Waals surface area contributed by atoms with E-state index in [9.17, 15) is 4.79 Å². The molecule has 0 aliphatic carbocycles. The van der Waals surface area contributed by atoms with Crippen molar-refractivity contribution in [3.8, 4) is 11.5 Å². The lowest BCUT2D eigenvalue weighted by Crippen LogP contribution is -2.43. The Kier molecular flexibility index (Phi) is 4.76. The van der Waals surface area contributed by atoms with Gasteiger partial charge in [-0.2, -0.15) is 0 Å². The summed E-state index contributed by atoms with van der Waals surface area (Å²) in [5.74, 6) is 1.48. The first kappa shape index (κ1) is 15.0. The van der Waals surface area contributed by atoms with Gasteiger partial charge in [0.25, 0.3) is 5.91 Å². The van der Waals surface area contributed by atoms with Gasteiger partial charge in [0.1, 0.15) is 11.5 Å². The molecule has 1 heterocycles. The van der Waals surface area contributed by atoms with E-state index in [-0.39, 0.29) is 11.3 Å². The van der Waals surface area contributed by atoms with Gasteiger partial charge >= 0.3 is 0 Å². The third-order valence-corrected chi connectivity index (χ3v) is 4.37. The van der Waals surface area contributed by atoms with Gasteiger partial charge in [0.2, 0.25) is 0 Å². The van der Waals surface area contributed by atoms with Crippen molar-refractivity contribution in [1.82, 2.24) is 4.90 Å². The third kappa shape index (κ3) is 3.01. The molecule has 2 atom stereocenters. The topological polar surface area (TPSA) is 38.8 Å². The van der Waals surface area contributed by atoms with Crippen LogP contribution in [-0.4, -0.2) is 43.5 Å². The van der Waals surface area contributed by atoms with Crippen molar-refractivity contribution >= 4 is 17.5 Å². The molecule has 0 saturated carbocycles. The molecular formula is C15H20ClNO3. The molecule has 0 spiro atoms. The maximum absolute atomic E-state index is 12.6. The molecule has 0 radical (unpaired) electrons. The first-order chi connectivity index (χ1) is 9.56. The Morgan fingerprint density at radius 1 is 1.35 bits per heavy atom. The number of methoxy groups -OCH3 is 2. The number of carbonyl (C=O) groups excluding carboxylic acids is 1. The molecule has 110 valence electrons. The number of hydrogen-bond donors (Lipinski definition) is 0. The van der Waals surface area contributed by atoms with Gasteiger partial charge in [-0.15, -0.1) is 11.6 Å². The fraction of sp³-hybridized carbons (Fsp3) is 0.533. The van der Waals surface area contributed by atoms with E-state index in [0.29, 0.717) is 36.1 Å². The highest BCUT2D eigenvalue weighted by Crippen LogP contribution is 2.28. The van der Waals surface area contributed by atoms with Crippen molar-refractivity contribution in [1.29, 1.82) is 0 Å². The van der Waals surface area contributed by atoms with Crippen LogP contribution >= 0.6 is 11.6 Å². The Bertz CT molecular complexity index is 492. The lowest BCUT2D eigenvalue weighted by molar-refractivity contribution is 0.0683. The first-order valence-corrected chi connectivity index (χ1v) is 7.15. The van der Waals surface area contributed by atoms with E-state index >= 15 is 0 Å². The number of amides is 1. The van der Waals surface area contributed by atoms with E-state index in [1.54, 1.807) is 32.4 Å². The number of ether oxygens (including phenoxy) is 2. The predicted octanol–water partition coefficient (Wildman–Crippen LogP) is 2.79. The standard InChI is InChI=1S/C15H20ClNO3/c1-10-9-17(7-6-13(10)16)15(18)12-8-11(19-2)4-5-14(12)20-3/h4-5,8,10,13H,6-7,9H2,1-3H3. The number of carbonyl (C=O) groups is 1. The minimum Gasteiger partial charge on any atom is -0.497 e. The van der Waals surface area contributed by atoms with Crippen molar-refractivity contribution in [2.75, 3.05) is 27.3 Å². The fourth-order valence-corrected chi connectivity index (χ4v) is 2.63. The largest absolute Gasteiger partial charge is 0.497 e. The van der Waals surface area contributed by atoms with E-state index < -0.39 is 0 Å². The summed E-state index contributed by atoms with van der Waals surface area (Å²) in [7, 11) is 3.14. The van der Waals surface area contributed by atoms with E-state index in [2.05, 4.69) is 6.92 Å². The van der Waals surface area contributed by atoms with Crippen molar-refractivity contribution in [3.63, 3.8) is 0 Å². The van der Waals surface area contributed by atoms with Crippen LogP contribution in [0.4, 0.5) is 0 Å².